The molecular weight excluding hydrogens is 378 g/mol. The molecule has 0 aliphatic heterocycles. The normalized spacial score (nSPS) is 12.6. The van der Waals surface area contributed by atoms with Gasteiger partial charge in [0.1, 0.15) is 17.9 Å². The molecular formula is C21H17NO7. The van der Waals surface area contributed by atoms with E-state index in [9.17, 15) is 19.7 Å². The van der Waals surface area contributed by atoms with Gasteiger partial charge in [-0.1, -0.05) is 0 Å². The van der Waals surface area contributed by atoms with Gasteiger partial charge in [-0.25, -0.2) is 9.59 Å². The molecule has 0 bridgehead atoms. The third kappa shape index (κ3) is 3.96. The van der Waals surface area contributed by atoms with Crippen molar-refractivity contribution in [1.82, 2.24) is 0 Å². The average Bonchev–Trinajstić information content (AvgIpc) is 3.21. The van der Waals surface area contributed by atoms with Crippen molar-refractivity contribution in [3.05, 3.63) is 79.7 Å². The molecule has 0 amide bonds. The summed E-state index contributed by atoms with van der Waals surface area (Å²) in [5.74, 6) is -0.190. The van der Waals surface area contributed by atoms with Gasteiger partial charge in [0.05, 0.1) is 4.92 Å². The van der Waals surface area contributed by atoms with Crippen molar-refractivity contribution < 1.29 is 23.6 Å². The highest BCUT2D eigenvalue weighted by Crippen LogP contribution is 2.29. The summed E-state index contributed by atoms with van der Waals surface area (Å²) >= 11 is 0. The van der Waals surface area contributed by atoms with Gasteiger partial charge >= 0.3 is 11.6 Å². The molecule has 8 nitrogen and oxygen atoms in total. The Morgan fingerprint density at radius 3 is 2.62 bits per heavy atom. The molecule has 0 unspecified atom stereocenters. The van der Waals surface area contributed by atoms with Crippen LogP contribution in [0, 0.1) is 10.1 Å². The van der Waals surface area contributed by atoms with Gasteiger partial charge in [0.2, 0.25) is 0 Å². The third-order valence-electron chi connectivity index (χ3n) is 4.85. The number of nitro benzene ring substituents is 1. The first-order valence-electron chi connectivity index (χ1n) is 9.11. The van der Waals surface area contributed by atoms with Crippen molar-refractivity contribution in [2.24, 2.45) is 0 Å². The second-order valence-electron chi connectivity index (χ2n) is 6.73. The predicted molar refractivity (Wildman–Crippen MR) is 103 cm³/mol. The second kappa shape index (κ2) is 7.75. The Bertz CT molecular complexity index is 1150. The summed E-state index contributed by atoms with van der Waals surface area (Å²) in [6.45, 7) is -0.327. The zero-order valence-corrected chi connectivity index (χ0v) is 15.4. The van der Waals surface area contributed by atoms with Crippen LogP contribution >= 0.6 is 0 Å². The van der Waals surface area contributed by atoms with Gasteiger partial charge in [0, 0.05) is 29.1 Å². The number of carbonyl (C=O) groups is 1. The Morgan fingerprint density at radius 1 is 1.10 bits per heavy atom. The molecule has 0 atom stereocenters. The minimum atomic E-state index is -0.584. The van der Waals surface area contributed by atoms with Crippen LogP contribution in [0.25, 0.3) is 11.0 Å². The SMILES string of the molecule is O=C(COc1ccc2c3c(c(=O)oc2c1)CCC3)OCc1ccc([N+](=O)[O-])cc1. The number of hydrogen-bond acceptors (Lipinski definition) is 7. The Balaban J connectivity index is 1.36. The summed E-state index contributed by atoms with van der Waals surface area (Å²) < 4.78 is 15.9. The monoisotopic (exact) mass is 395 g/mol. The number of nitrogens with zero attached hydrogens (tertiary/aromatic N) is 1. The largest absolute Gasteiger partial charge is 0.482 e. The van der Waals surface area contributed by atoms with E-state index in [4.69, 9.17) is 13.9 Å². The number of non-ortho nitro benzene ring substituents is 1. The van der Waals surface area contributed by atoms with Crippen molar-refractivity contribution in [2.45, 2.75) is 25.9 Å². The van der Waals surface area contributed by atoms with E-state index < -0.39 is 10.9 Å². The number of esters is 1. The summed E-state index contributed by atoms with van der Waals surface area (Å²) in [7, 11) is 0. The van der Waals surface area contributed by atoms with Crippen LogP contribution in [-0.2, 0) is 29.0 Å². The van der Waals surface area contributed by atoms with E-state index >= 15 is 0 Å². The maximum absolute atomic E-state index is 12.1. The second-order valence-corrected chi connectivity index (χ2v) is 6.73. The Kier molecular flexibility index (Phi) is 4.99. The first-order valence-corrected chi connectivity index (χ1v) is 9.11. The van der Waals surface area contributed by atoms with Gasteiger partial charge in [0.15, 0.2) is 6.61 Å². The van der Waals surface area contributed by atoms with E-state index in [-0.39, 0.29) is 24.5 Å². The van der Waals surface area contributed by atoms with Crippen LogP contribution in [0.3, 0.4) is 0 Å². The average molecular weight is 395 g/mol. The lowest BCUT2D eigenvalue weighted by atomic mass is 10.1. The van der Waals surface area contributed by atoms with E-state index in [2.05, 4.69) is 0 Å². The fourth-order valence-electron chi connectivity index (χ4n) is 3.42. The first kappa shape index (κ1) is 18.7. The highest BCUT2D eigenvalue weighted by molar-refractivity contribution is 5.83. The number of rotatable bonds is 6. The van der Waals surface area contributed by atoms with Crippen LogP contribution in [-0.4, -0.2) is 17.5 Å². The topological polar surface area (TPSA) is 109 Å². The Hall–Kier alpha value is -3.68. The molecule has 3 aromatic rings. The van der Waals surface area contributed by atoms with E-state index in [1.165, 1.54) is 24.3 Å². The smallest absolute Gasteiger partial charge is 0.344 e. The predicted octanol–water partition coefficient (Wildman–Crippen LogP) is 3.31. The van der Waals surface area contributed by atoms with Gasteiger partial charge in [-0.2, -0.15) is 0 Å². The summed E-state index contributed by atoms with van der Waals surface area (Å²) in [5, 5.41) is 11.5. The molecule has 0 saturated carbocycles. The molecule has 0 radical (unpaired) electrons. The van der Waals surface area contributed by atoms with Gasteiger partial charge < -0.3 is 13.9 Å². The van der Waals surface area contributed by atoms with Crippen LogP contribution < -0.4 is 10.4 Å². The Labute approximate surface area is 164 Å². The van der Waals surface area contributed by atoms with Crippen molar-refractivity contribution in [3.63, 3.8) is 0 Å². The van der Waals surface area contributed by atoms with Gasteiger partial charge in [-0.15, -0.1) is 0 Å². The van der Waals surface area contributed by atoms with Gasteiger partial charge in [0.25, 0.3) is 5.69 Å². The molecule has 0 spiro atoms. The van der Waals surface area contributed by atoms with Crippen LogP contribution in [0.5, 0.6) is 5.75 Å². The molecule has 1 aliphatic rings. The molecule has 0 N–H and O–H groups in total. The van der Waals surface area contributed by atoms with Crippen molar-refractivity contribution in [1.29, 1.82) is 0 Å². The quantitative estimate of drug-likeness (QED) is 0.273. The van der Waals surface area contributed by atoms with E-state index in [1.54, 1.807) is 12.1 Å². The molecule has 29 heavy (non-hydrogen) atoms. The lowest BCUT2D eigenvalue weighted by Crippen LogP contribution is -2.14. The minimum absolute atomic E-state index is 0.0150. The highest BCUT2D eigenvalue weighted by Gasteiger charge is 2.19. The standard InChI is InChI=1S/C21H17NO7/c23-20(28-11-13-4-6-14(7-5-13)22(25)26)12-27-15-8-9-17-16-2-1-3-18(16)21(24)29-19(17)10-15/h4-10H,1-3,11-12H2. The molecule has 0 fully saturated rings. The van der Waals surface area contributed by atoms with Crippen LogP contribution in [0.4, 0.5) is 5.69 Å². The number of fused-ring (bicyclic) bond motifs is 3. The number of benzene rings is 2. The number of carbonyl (C=O) groups excluding carboxylic acids is 1. The van der Waals surface area contributed by atoms with Gasteiger partial charge in [-0.3, -0.25) is 10.1 Å². The third-order valence-corrected chi connectivity index (χ3v) is 4.85. The highest BCUT2D eigenvalue weighted by atomic mass is 16.6. The number of ether oxygens (including phenoxy) is 2. The fourth-order valence-corrected chi connectivity index (χ4v) is 3.42. The fraction of sp³-hybridized carbons (Fsp3) is 0.238. The number of nitro groups is 1. The van der Waals surface area contributed by atoms with E-state index in [0.717, 1.165) is 35.8 Å². The molecule has 4 rings (SSSR count). The molecule has 148 valence electrons. The molecule has 0 saturated heterocycles. The molecule has 1 aliphatic carbocycles. The zero-order chi connectivity index (χ0) is 20.4. The van der Waals surface area contributed by atoms with Gasteiger partial charge in [-0.05, 0) is 54.7 Å². The maximum Gasteiger partial charge on any atom is 0.344 e. The van der Waals surface area contributed by atoms with Crippen LogP contribution in [0.1, 0.15) is 23.1 Å². The van der Waals surface area contributed by atoms with E-state index in [0.29, 0.717) is 16.9 Å². The molecule has 1 aromatic heterocycles. The van der Waals surface area contributed by atoms with Crippen LogP contribution in [0.15, 0.2) is 51.7 Å². The molecule has 2 aromatic carbocycles. The van der Waals surface area contributed by atoms with Crippen molar-refractivity contribution >= 4 is 22.6 Å². The van der Waals surface area contributed by atoms with Crippen molar-refractivity contribution in [3.8, 4) is 5.75 Å². The zero-order valence-electron chi connectivity index (χ0n) is 15.4. The molecule has 8 heteroatoms. The summed E-state index contributed by atoms with van der Waals surface area (Å²) in [6, 6.07) is 10.9. The summed E-state index contributed by atoms with van der Waals surface area (Å²) in [6.07, 6.45) is 2.54. The Morgan fingerprint density at radius 2 is 1.86 bits per heavy atom. The number of hydrogen-bond donors (Lipinski definition) is 0. The first-order chi connectivity index (χ1) is 14.0. The lowest BCUT2D eigenvalue weighted by molar-refractivity contribution is -0.384. The maximum atomic E-state index is 12.1. The van der Waals surface area contributed by atoms with Crippen molar-refractivity contribution in [2.75, 3.05) is 6.61 Å². The minimum Gasteiger partial charge on any atom is -0.482 e. The summed E-state index contributed by atoms with van der Waals surface area (Å²) in [4.78, 5) is 34.1. The number of aryl methyl sites for hydroxylation is 1. The lowest BCUT2D eigenvalue weighted by Gasteiger charge is -2.09. The van der Waals surface area contributed by atoms with Crippen LogP contribution in [0.2, 0.25) is 0 Å². The summed E-state index contributed by atoms with van der Waals surface area (Å²) in [5.41, 5.74) is 2.51. The van der Waals surface area contributed by atoms with E-state index in [1.807, 2.05) is 6.07 Å². The molecule has 1 heterocycles.